The third kappa shape index (κ3) is 4.40. The fourth-order valence-corrected chi connectivity index (χ4v) is 4.92. The van der Waals surface area contributed by atoms with Crippen molar-refractivity contribution < 1.29 is 0 Å². The molecule has 1 aromatic rings. The molecule has 21 heavy (non-hydrogen) atoms. The van der Waals surface area contributed by atoms with Crippen molar-refractivity contribution in [3.05, 3.63) is 24.3 Å². The van der Waals surface area contributed by atoms with Crippen LogP contribution in [0.2, 0.25) is 0 Å². The summed E-state index contributed by atoms with van der Waals surface area (Å²) in [7, 11) is 0. The van der Waals surface area contributed by atoms with Crippen LogP contribution in [0.15, 0.2) is 29.2 Å². The van der Waals surface area contributed by atoms with Gasteiger partial charge in [0.05, 0.1) is 0 Å². The average molecular weight is 305 g/mol. The molecule has 2 unspecified atom stereocenters. The van der Waals surface area contributed by atoms with Crippen molar-refractivity contribution in [2.45, 2.75) is 74.1 Å². The van der Waals surface area contributed by atoms with E-state index >= 15 is 0 Å². The first-order valence-corrected chi connectivity index (χ1v) is 9.45. The lowest BCUT2D eigenvalue weighted by molar-refractivity contribution is 0.523. The van der Waals surface area contributed by atoms with Gasteiger partial charge in [-0.25, -0.2) is 0 Å². The molecule has 3 heteroatoms. The molecule has 2 nitrogen and oxygen atoms in total. The second-order valence-corrected chi connectivity index (χ2v) is 7.94. The topological polar surface area (TPSA) is 24.1 Å². The zero-order valence-corrected chi connectivity index (χ0v) is 13.9. The van der Waals surface area contributed by atoms with Crippen LogP contribution in [0.25, 0.3) is 0 Å². The zero-order valence-electron chi connectivity index (χ0n) is 13.1. The molecule has 116 valence electrons. The number of benzene rings is 1. The summed E-state index contributed by atoms with van der Waals surface area (Å²) in [5, 5.41) is 8.19. The number of hydrogen-bond donors (Lipinski definition) is 2. The Morgan fingerprint density at radius 3 is 2.76 bits per heavy atom. The van der Waals surface area contributed by atoms with E-state index in [2.05, 4.69) is 53.6 Å². The van der Waals surface area contributed by atoms with E-state index in [9.17, 15) is 0 Å². The highest BCUT2D eigenvalue weighted by atomic mass is 32.2. The molecule has 2 atom stereocenters. The van der Waals surface area contributed by atoms with Crippen molar-refractivity contribution in [1.29, 1.82) is 0 Å². The third-order valence-corrected chi connectivity index (χ3v) is 6.10. The SMILES string of the molecule is CC(CC1CCCN1)Nc1ccccc1SC1CCCC1. The molecule has 2 N–H and O–H groups in total. The lowest BCUT2D eigenvalue weighted by Gasteiger charge is -2.22. The van der Waals surface area contributed by atoms with Crippen molar-refractivity contribution in [2.24, 2.45) is 0 Å². The summed E-state index contributed by atoms with van der Waals surface area (Å²) < 4.78 is 0. The molecule has 1 saturated carbocycles. The fraction of sp³-hybridized carbons (Fsp3) is 0.667. The van der Waals surface area contributed by atoms with Gasteiger partial charge in [-0.05, 0) is 57.7 Å². The molecule has 1 aliphatic heterocycles. The van der Waals surface area contributed by atoms with Crippen molar-refractivity contribution in [3.63, 3.8) is 0 Å². The fourth-order valence-electron chi connectivity index (χ4n) is 3.58. The maximum atomic E-state index is 3.75. The standard InChI is InChI=1S/C18H28N2S/c1-14(13-15-7-6-12-19-15)20-17-10-4-5-11-18(17)21-16-8-2-3-9-16/h4-5,10-11,14-16,19-20H,2-3,6-9,12-13H2,1H3. The molecule has 0 amide bonds. The van der Waals surface area contributed by atoms with Crippen molar-refractivity contribution in [1.82, 2.24) is 5.32 Å². The van der Waals surface area contributed by atoms with Crippen molar-refractivity contribution in [3.8, 4) is 0 Å². The van der Waals surface area contributed by atoms with E-state index in [1.165, 1.54) is 62.1 Å². The lowest BCUT2D eigenvalue weighted by Crippen LogP contribution is -2.29. The minimum absolute atomic E-state index is 0.533. The van der Waals surface area contributed by atoms with Crippen LogP contribution >= 0.6 is 11.8 Å². The number of rotatable bonds is 6. The molecule has 1 heterocycles. The van der Waals surface area contributed by atoms with Crippen LogP contribution in [-0.2, 0) is 0 Å². The molecule has 0 aromatic heterocycles. The predicted octanol–water partition coefficient (Wildman–Crippen LogP) is 4.66. The number of hydrogen-bond acceptors (Lipinski definition) is 3. The summed E-state index contributed by atoms with van der Waals surface area (Å²) in [4.78, 5) is 1.44. The Hall–Kier alpha value is -0.670. The zero-order chi connectivity index (χ0) is 14.5. The highest BCUT2D eigenvalue weighted by Crippen LogP contribution is 2.38. The Kier molecular flexibility index (Phi) is 5.48. The van der Waals surface area contributed by atoms with E-state index in [-0.39, 0.29) is 0 Å². The van der Waals surface area contributed by atoms with Crippen LogP contribution < -0.4 is 10.6 Å². The van der Waals surface area contributed by atoms with Gasteiger partial charge in [0.25, 0.3) is 0 Å². The highest BCUT2D eigenvalue weighted by Gasteiger charge is 2.19. The molecular weight excluding hydrogens is 276 g/mol. The summed E-state index contributed by atoms with van der Waals surface area (Å²) in [5.41, 5.74) is 1.33. The maximum Gasteiger partial charge on any atom is 0.0480 e. The van der Waals surface area contributed by atoms with Gasteiger partial charge in [-0.15, -0.1) is 11.8 Å². The lowest BCUT2D eigenvalue weighted by atomic mass is 10.1. The van der Waals surface area contributed by atoms with Gasteiger partial charge < -0.3 is 10.6 Å². The molecule has 3 rings (SSSR count). The molecule has 0 radical (unpaired) electrons. The van der Waals surface area contributed by atoms with Crippen LogP contribution in [0.3, 0.4) is 0 Å². The van der Waals surface area contributed by atoms with Crippen molar-refractivity contribution in [2.75, 3.05) is 11.9 Å². The van der Waals surface area contributed by atoms with E-state index in [4.69, 9.17) is 0 Å². The molecule has 1 saturated heterocycles. The molecular formula is C18H28N2S. The van der Waals surface area contributed by atoms with Crippen LogP contribution in [0.4, 0.5) is 5.69 Å². The molecule has 1 aliphatic carbocycles. The van der Waals surface area contributed by atoms with Crippen LogP contribution in [0.5, 0.6) is 0 Å². The smallest absolute Gasteiger partial charge is 0.0480 e. The number of anilines is 1. The van der Waals surface area contributed by atoms with Gasteiger partial charge in [-0.3, -0.25) is 0 Å². The van der Waals surface area contributed by atoms with Gasteiger partial charge in [0.2, 0.25) is 0 Å². The number of thioether (sulfide) groups is 1. The molecule has 2 aliphatic rings. The first-order valence-electron chi connectivity index (χ1n) is 8.57. The second-order valence-electron chi connectivity index (χ2n) is 6.59. The van der Waals surface area contributed by atoms with Crippen LogP contribution in [0.1, 0.15) is 51.9 Å². The summed E-state index contributed by atoms with van der Waals surface area (Å²) >= 11 is 2.08. The normalized spacial score (nSPS) is 24.3. The number of nitrogens with one attached hydrogen (secondary N) is 2. The summed E-state index contributed by atoms with van der Waals surface area (Å²) in [6.45, 7) is 3.52. The quantitative estimate of drug-likeness (QED) is 0.799. The van der Waals surface area contributed by atoms with Crippen LogP contribution in [0, 0.1) is 0 Å². The van der Waals surface area contributed by atoms with Gasteiger partial charge in [0.15, 0.2) is 0 Å². The van der Waals surface area contributed by atoms with Gasteiger partial charge in [0.1, 0.15) is 0 Å². The average Bonchev–Trinajstić information content (AvgIpc) is 3.14. The highest BCUT2D eigenvalue weighted by molar-refractivity contribution is 8.00. The van der Waals surface area contributed by atoms with Gasteiger partial charge >= 0.3 is 0 Å². The molecule has 0 spiro atoms. The number of para-hydroxylation sites is 1. The first kappa shape index (κ1) is 15.2. The Morgan fingerprint density at radius 1 is 1.19 bits per heavy atom. The predicted molar refractivity (Wildman–Crippen MR) is 93.3 cm³/mol. The summed E-state index contributed by atoms with van der Waals surface area (Å²) in [5.74, 6) is 0. The Labute approximate surface area is 133 Å². The van der Waals surface area contributed by atoms with Gasteiger partial charge in [-0.1, -0.05) is 25.0 Å². The monoisotopic (exact) mass is 304 g/mol. The van der Waals surface area contributed by atoms with Crippen molar-refractivity contribution >= 4 is 17.4 Å². The first-order chi connectivity index (χ1) is 10.3. The van der Waals surface area contributed by atoms with E-state index in [0.29, 0.717) is 12.1 Å². The molecule has 1 aromatic carbocycles. The van der Waals surface area contributed by atoms with E-state index in [1.54, 1.807) is 0 Å². The summed E-state index contributed by atoms with van der Waals surface area (Å²) in [6, 6.07) is 10.1. The summed E-state index contributed by atoms with van der Waals surface area (Å²) in [6.07, 6.45) is 9.51. The minimum atomic E-state index is 0.533. The molecule has 2 fully saturated rings. The maximum absolute atomic E-state index is 3.75. The van der Waals surface area contributed by atoms with E-state index in [1.807, 2.05) is 0 Å². The minimum Gasteiger partial charge on any atom is -0.382 e. The molecule has 0 bridgehead atoms. The largest absolute Gasteiger partial charge is 0.382 e. The van der Waals surface area contributed by atoms with Gasteiger partial charge in [-0.2, -0.15) is 0 Å². The van der Waals surface area contributed by atoms with Gasteiger partial charge in [0, 0.05) is 27.9 Å². The van der Waals surface area contributed by atoms with E-state index < -0.39 is 0 Å². The Morgan fingerprint density at radius 2 is 2.00 bits per heavy atom. The van der Waals surface area contributed by atoms with E-state index in [0.717, 1.165) is 5.25 Å². The third-order valence-electron chi connectivity index (χ3n) is 4.69. The Balaban J connectivity index is 1.58. The Bertz CT molecular complexity index is 437. The second kappa shape index (κ2) is 7.55. The van der Waals surface area contributed by atoms with Crippen LogP contribution in [-0.4, -0.2) is 23.9 Å².